The topological polar surface area (TPSA) is 31.2 Å². The minimum atomic E-state index is 0.0772. The van der Waals surface area contributed by atoms with Gasteiger partial charge in [0.1, 0.15) is 0 Å². The number of aromatic nitrogens is 1. The summed E-state index contributed by atoms with van der Waals surface area (Å²) in [6.45, 7) is 6.52. The second kappa shape index (κ2) is 4.73. The summed E-state index contributed by atoms with van der Waals surface area (Å²) in [5.41, 5.74) is 3.50. The van der Waals surface area contributed by atoms with Gasteiger partial charge in [-0.25, -0.2) is 0 Å². The number of carbonyl (C=O) groups excluding carboxylic acids is 1. The van der Waals surface area contributed by atoms with Crippen molar-refractivity contribution in [2.45, 2.75) is 65.0 Å². The van der Waals surface area contributed by atoms with Gasteiger partial charge in [0.05, 0.1) is 12.1 Å². The van der Waals surface area contributed by atoms with E-state index in [1.807, 2.05) is 7.11 Å². The van der Waals surface area contributed by atoms with Gasteiger partial charge in [-0.15, -0.1) is 0 Å². The molecule has 20 heavy (non-hydrogen) atoms. The molecule has 1 aromatic rings. The zero-order valence-corrected chi connectivity index (χ0v) is 13.0. The van der Waals surface area contributed by atoms with Gasteiger partial charge in [-0.3, -0.25) is 4.79 Å². The van der Waals surface area contributed by atoms with Crippen LogP contribution in [-0.2, 0) is 11.2 Å². The Morgan fingerprint density at radius 2 is 2.05 bits per heavy atom. The quantitative estimate of drug-likeness (QED) is 0.824. The van der Waals surface area contributed by atoms with E-state index >= 15 is 0 Å². The van der Waals surface area contributed by atoms with Gasteiger partial charge in [0, 0.05) is 30.5 Å². The molecule has 0 spiro atoms. The Morgan fingerprint density at radius 1 is 1.30 bits per heavy atom. The third-order valence-corrected chi connectivity index (χ3v) is 4.97. The second-order valence-corrected chi connectivity index (χ2v) is 7.23. The van der Waals surface area contributed by atoms with Crippen molar-refractivity contribution in [1.29, 1.82) is 0 Å². The number of ketones is 1. The molecule has 0 amide bonds. The molecule has 2 aliphatic rings. The molecule has 2 atom stereocenters. The van der Waals surface area contributed by atoms with Crippen molar-refractivity contribution >= 4 is 5.78 Å². The smallest absolute Gasteiger partial charge is 0.165 e. The number of carbonyl (C=O) groups is 1. The largest absolute Gasteiger partial charge is 0.379 e. The Balaban J connectivity index is 2.07. The number of ether oxygens (including phenoxy) is 1. The van der Waals surface area contributed by atoms with Crippen LogP contribution in [0.25, 0.3) is 0 Å². The molecule has 0 N–H and O–H groups in total. The van der Waals surface area contributed by atoms with Crippen molar-refractivity contribution in [1.82, 2.24) is 4.57 Å². The third-order valence-electron chi connectivity index (χ3n) is 4.97. The number of hydrogen-bond donors (Lipinski definition) is 0. The Labute approximate surface area is 121 Å². The first-order chi connectivity index (χ1) is 9.43. The molecule has 3 nitrogen and oxygen atoms in total. The number of aryl methyl sites for hydroxylation is 1. The first-order valence-corrected chi connectivity index (χ1v) is 7.69. The van der Waals surface area contributed by atoms with Crippen LogP contribution < -0.4 is 0 Å². The predicted octanol–water partition coefficient (Wildman–Crippen LogP) is 3.69. The normalized spacial score (nSPS) is 28.7. The van der Waals surface area contributed by atoms with E-state index in [-0.39, 0.29) is 5.41 Å². The van der Waals surface area contributed by atoms with E-state index in [0.717, 1.165) is 24.8 Å². The van der Waals surface area contributed by atoms with Gasteiger partial charge < -0.3 is 9.30 Å². The number of fused-ring (bicyclic) bond motifs is 1. The van der Waals surface area contributed by atoms with Crippen LogP contribution in [0.4, 0.5) is 0 Å². The molecule has 2 unspecified atom stereocenters. The van der Waals surface area contributed by atoms with Gasteiger partial charge in [0.15, 0.2) is 5.78 Å². The van der Waals surface area contributed by atoms with Crippen molar-refractivity contribution in [3.05, 3.63) is 23.0 Å². The molecule has 0 bridgehead atoms. The van der Waals surface area contributed by atoms with Crippen molar-refractivity contribution in [3.8, 4) is 0 Å². The SMILES string of the molecule is COC1CCCC1n1c(C)cc2c1CC(C)(C)CC2=O. The molecular formula is C17H25NO2. The Morgan fingerprint density at radius 3 is 2.75 bits per heavy atom. The van der Waals surface area contributed by atoms with E-state index in [4.69, 9.17) is 4.74 Å². The second-order valence-electron chi connectivity index (χ2n) is 7.23. The molecule has 3 rings (SSSR count). The van der Waals surface area contributed by atoms with E-state index in [9.17, 15) is 4.79 Å². The average Bonchev–Trinajstić information content (AvgIpc) is 2.91. The van der Waals surface area contributed by atoms with Crippen LogP contribution in [-0.4, -0.2) is 23.6 Å². The van der Waals surface area contributed by atoms with Gasteiger partial charge in [-0.1, -0.05) is 13.8 Å². The summed E-state index contributed by atoms with van der Waals surface area (Å²) < 4.78 is 8.08. The molecule has 1 saturated carbocycles. The minimum absolute atomic E-state index is 0.0772. The monoisotopic (exact) mass is 275 g/mol. The van der Waals surface area contributed by atoms with Crippen LogP contribution in [0.15, 0.2) is 6.07 Å². The fourth-order valence-corrected chi connectivity index (χ4v) is 4.11. The number of methoxy groups -OCH3 is 1. The number of Topliss-reactive ketones (excluding diaryl/α,β-unsaturated/α-hetero) is 1. The lowest BCUT2D eigenvalue weighted by atomic mass is 9.76. The molecular weight excluding hydrogens is 250 g/mol. The van der Waals surface area contributed by atoms with Crippen molar-refractivity contribution < 1.29 is 9.53 Å². The van der Waals surface area contributed by atoms with Crippen LogP contribution in [0, 0.1) is 12.3 Å². The minimum Gasteiger partial charge on any atom is -0.379 e. The molecule has 0 saturated heterocycles. The highest BCUT2D eigenvalue weighted by Gasteiger charge is 2.37. The van der Waals surface area contributed by atoms with Crippen molar-refractivity contribution in [2.24, 2.45) is 5.41 Å². The lowest BCUT2D eigenvalue weighted by molar-refractivity contribution is 0.0720. The number of hydrogen-bond acceptors (Lipinski definition) is 2. The number of rotatable bonds is 2. The average molecular weight is 275 g/mol. The van der Waals surface area contributed by atoms with Gasteiger partial charge >= 0.3 is 0 Å². The Bertz CT molecular complexity index is 541. The van der Waals surface area contributed by atoms with Gasteiger partial charge in [-0.2, -0.15) is 0 Å². The fraction of sp³-hybridized carbons (Fsp3) is 0.706. The molecule has 1 fully saturated rings. The highest BCUT2D eigenvalue weighted by molar-refractivity contribution is 5.99. The molecule has 0 aromatic carbocycles. The van der Waals surface area contributed by atoms with E-state index in [2.05, 4.69) is 31.4 Å². The van der Waals surface area contributed by atoms with E-state index in [1.54, 1.807) is 0 Å². The van der Waals surface area contributed by atoms with Crippen LogP contribution in [0.5, 0.6) is 0 Å². The van der Waals surface area contributed by atoms with Crippen LogP contribution in [0.2, 0.25) is 0 Å². The zero-order valence-electron chi connectivity index (χ0n) is 13.0. The number of nitrogens with zero attached hydrogens (tertiary/aromatic N) is 1. The summed E-state index contributed by atoms with van der Waals surface area (Å²) in [7, 11) is 1.81. The summed E-state index contributed by atoms with van der Waals surface area (Å²) in [5.74, 6) is 0.310. The Kier molecular flexibility index (Phi) is 3.28. The Hall–Kier alpha value is -1.09. The van der Waals surface area contributed by atoms with Crippen molar-refractivity contribution in [3.63, 3.8) is 0 Å². The predicted molar refractivity (Wildman–Crippen MR) is 79.3 cm³/mol. The summed E-state index contributed by atoms with van der Waals surface area (Å²) in [5, 5.41) is 0. The molecule has 1 aromatic heterocycles. The summed E-state index contributed by atoms with van der Waals surface area (Å²) in [6, 6.07) is 2.50. The first kappa shape index (κ1) is 13.9. The highest BCUT2D eigenvalue weighted by atomic mass is 16.5. The van der Waals surface area contributed by atoms with E-state index < -0.39 is 0 Å². The van der Waals surface area contributed by atoms with E-state index in [0.29, 0.717) is 24.3 Å². The first-order valence-electron chi connectivity index (χ1n) is 7.69. The summed E-state index contributed by atoms with van der Waals surface area (Å²) >= 11 is 0. The lowest BCUT2D eigenvalue weighted by Crippen LogP contribution is -2.30. The maximum atomic E-state index is 12.4. The molecule has 3 heteroatoms. The molecule has 0 aliphatic heterocycles. The van der Waals surface area contributed by atoms with Gasteiger partial charge in [0.25, 0.3) is 0 Å². The molecule has 1 heterocycles. The zero-order chi connectivity index (χ0) is 14.5. The fourth-order valence-electron chi connectivity index (χ4n) is 4.11. The summed E-state index contributed by atoms with van der Waals surface area (Å²) in [6.07, 6.45) is 5.47. The third kappa shape index (κ3) is 2.12. The molecule has 110 valence electrons. The lowest BCUT2D eigenvalue weighted by Gasteiger charge is -2.32. The van der Waals surface area contributed by atoms with Gasteiger partial charge in [0.2, 0.25) is 0 Å². The van der Waals surface area contributed by atoms with Gasteiger partial charge in [-0.05, 0) is 44.1 Å². The summed E-state index contributed by atoms with van der Waals surface area (Å²) in [4.78, 5) is 12.4. The maximum absolute atomic E-state index is 12.4. The molecule has 2 aliphatic carbocycles. The maximum Gasteiger partial charge on any atom is 0.165 e. The molecule has 0 radical (unpaired) electrons. The standard InChI is InChI=1S/C17H25NO2/c1-11-8-12-14(9-17(2,3)10-15(12)19)18(11)13-6-5-7-16(13)20-4/h8,13,16H,5-7,9-10H2,1-4H3. The highest BCUT2D eigenvalue weighted by Crippen LogP contribution is 2.41. The van der Waals surface area contributed by atoms with Crippen LogP contribution in [0.1, 0.15) is 67.3 Å². The van der Waals surface area contributed by atoms with E-state index in [1.165, 1.54) is 17.8 Å². The van der Waals surface area contributed by atoms with Crippen LogP contribution in [0.3, 0.4) is 0 Å². The van der Waals surface area contributed by atoms with Crippen molar-refractivity contribution in [2.75, 3.05) is 7.11 Å². The van der Waals surface area contributed by atoms with Crippen LogP contribution >= 0.6 is 0 Å².